The van der Waals surface area contributed by atoms with Crippen LogP contribution >= 0.6 is 0 Å². The van der Waals surface area contributed by atoms with Crippen LogP contribution < -0.4 is 9.64 Å². The number of aromatic nitrogens is 4. The van der Waals surface area contributed by atoms with E-state index in [-0.39, 0.29) is 21.1 Å². The van der Waals surface area contributed by atoms with Crippen molar-refractivity contribution in [1.82, 2.24) is 19.3 Å². The van der Waals surface area contributed by atoms with Crippen LogP contribution in [0.25, 0.3) is 44.4 Å². The third kappa shape index (κ3) is 6.26. The summed E-state index contributed by atoms with van der Waals surface area (Å²) >= 11 is 0. The van der Waals surface area contributed by atoms with E-state index < -0.39 is 0 Å². The molecule has 3 aromatic heterocycles. The molecule has 0 saturated carbocycles. The number of anilines is 1. The first kappa shape index (κ1) is 35.2. The fraction of sp³-hybridized carbons (Fsp3) is 0.256. The maximum atomic E-state index is 6.50. The van der Waals surface area contributed by atoms with Gasteiger partial charge < -0.3 is 14.2 Å². The summed E-state index contributed by atoms with van der Waals surface area (Å²) in [4.78, 5) is 6.91. The molecule has 0 amide bonds. The first-order valence-corrected chi connectivity index (χ1v) is 17.4. The zero-order valence-corrected chi connectivity index (χ0v) is 32.1. The van der Waals surface area contributed by atoms with Gasteiger partial charge in [0.25, 0.3) is 0 Å². The number of aryl methyl sites for hydroxylation is 4. The Morgan fingerprint density at radius 2 is 1.48 bits per heavy atom. The molecule has 0 saturated heterocycles. The Labute approximate surface area is 310 Å². The smallest absolute Gasteiger partial charge is 0.509 e. The molecule has 0 atom stereocenters. The van der Waals surface area contributed by atoms with Gasteiger partial charge in [0, 0.05) is 54.3 Å². The molecule has 0 aliphatic carbocycles. The fourth-order valence-corrected chi connectivity index (χ4v) is 7.00. The molecule has 7 heteroatoms. The molecule has 6 nitrogen and oxygen atoms in total. The van der Waals surface area contributed by atoms with E-state index in [0.717, 1.165) is 70.3 Å². The van der Waals surface area contributed by atoms with Crippen molar-refractivity contribution in [3.63, 3.8) is 0 Å². The zero-order chi connectivity index (χ0) is 34.2. The van der Waals surface area contributed by atoms with Gasteiger partial charge in [-0.15, -0.1) is 35.7 Å². The van der Waals surface area contributed by atoms with Crippen LogP contribution in [0.2, 0.25) is 0 Å². The number of ether oxygens (including phenoxy) is 1. The largest absolute Gasteiger partial charge is 2.00 e. The van der Waals surface area contributed by atoms with Crippen LogP contribution in [0.15, 0.2) is 85.1 Å². The number of pyridine rings is 1. The molecule has 0 N–H and O–H groups in total. The van der Waals surface area contributed by atoms with Gasteiger partial charge in [-0.25, -0.2) is 4.98 Å². The van der Waals surface area contributed by atoms with Gasteiger partial charge in [0.1, 0.15) is 5.82 Å². The standard InChI is InChI=1S/C43H43N5O.Pt/c1-8-29-24-32(46(6)7)25-30(9-2)42(29)43-37(10-3)45-48(38(43)11-4)31-15-14-16-33(26-31)49-34-19-20-36-35-17-12-13-18-39(35)47(40(36)27-34)41-23-28(5)21-22-44-41;/h12-25H,8-11H2,1-7H3;/q-2;+2. The minimum atomic E-state index is 0. The van der Waals surface area contributed by atoms with E-state index in [1.54, 1.807) is 0 Å². The second kappa shape index (κ2) is 14.7. The van der Waals surface area contributed by atoms with Crippen molar-refractivity contribution in [3.8, 4) is 34.1 Å². The second-order valence-electron chi connectivity index (χ2n) is 12.8. The predicted octanol–water partition coefficient (Wildman–Crippen LogP) is 10.0. The SMILES string of the molecule is CCc1cc(N(C)C)cc(CC)c1-c1c(CC)nn(-c2[c-]c(Oc3[c-]c4c(cc3)c3ccccc3n4-c3cc(C)ccn3)ccc2)c1CC.[Pt+2]. The maximum Gasteiger partial charge on any atom is 2.00 e. The van der Waals surface area contributed by atoms with Crippen molar-refractivity contribution >= 4 is 27.5 Å². The van der Waals surface area contributed by atoms with Gasteiger partial charge in [0.15, 0.2) is 0 Å². The van der Waals surface area contributed by atoms with Gasteiger partial charge in [-0.05, 0) is 96.3 Å². The molecule has 0 spiro atoms. The molecule has 0 bridgehead atoms. The van der Waals surface area contributed by atoms with Gasteiger partial charge in [-0.3, -0.25) is 4.68 Å². The minimum Gasteiger partial charge on any atom is -0.509 e. The Morgan fingerprint density at radius 3 is 2.16 bits per heavy atom. The van der Waals surface area contributed by atoms with E-state index in [1.807, 2.05) is 30.5 Å². The number of nitrogens with zero attached hydrogens (tertiary/aromatic N) is 5. The average Bonchev–Trinajstić information content (AvgIpc) is 3.66. The molecule has 50 heavy (non-hydrogen) atoms. The number of para-hydroxylation sites is 1. The molecule has 256 valence electrons. The van der Waals surface area contributed by atoms with Crippen molar-refractivity contribution in [2.45, 2.75) is 60.3 Å². The molecule has 7 rings (SSSR count). The Balaban J connectivity index is 0.00000432. The Hall–Kier alpha value is -4.67. The van der Waals surface area contributed by atoms with Crippen molar-refractivity contribution < 1.29 is 25.8 Å². The van der Waals surface area contributed by atoms with E-state index in [2.05, 4.69) is 130 Å². The molecule has 0 aliphatic heterocycles. The van der Waals surface area contributed by atoms with Crippen LogP contribution in [-0.2, 0) is 46.7 Å². The summed E-state index contributed by atoms with van der Waals surface area (Å²) in [7, 11) is 4.23. The number of fused-ring (bicyclic) bond motifs is 3. The van der Waals surface area contributed by atoms with E-state index in [1.165, 1.54) is 33.6 Å². The molecule has 0 unspecified atom stereocenters. The van der Waals surface area contributed by atoms with Gasteiger partial charge in [0.05, 0.1) is 5.69 Å². The Morgan fingerprint density at radius 1 is 0.740 bits per heavy atom. The molecule has 4 aromatic carbocycles. The first-order chi connectivity index (χ1) is 23.8. The zero-order valence-electron chi connectivity index (χ0n) is 29.9. The number of hydrogen-bond acceptors (Lipinski definition) is 4. The van der Waals surface area contributed by atoms with Crippen molar-refractivity contribution in [3.05, 3.63) is 125 Å². The number of benzene rings is 4. The van der Waals surface area contributed by atoms with Crippen LogP contribution in [-0.4, -0.2) is 33.4 Å². The molecule has 0 fully saturated rings. The molecule has 0 aliphatic rings. The van der Waals surface area contributed by atoms with Gasteiger partial charge >= 0.3 is 21.1 Å². The quantitative estimate of drug-likeness (QED) is 0.129. The molecule has 7 aromatic rings. The summed E-state index contributed by atoms with van der Waals surface area (Å²) in [5.41, 5.74) is 12.9. The van der Waals surface area contributed by atoms with E-state index in [4.69, 9.17) is 14.8 Å². The number of rotatable bonds is 10. The minimum absolute atomic E-state index is 0. The summed E-state index contributed by atoms with van der Waals surface area (Å²) in [5.74, 6) is 2.08. The second-order valence-corrected chi connectivity index (χ2v) is 12.8. The van der Waals surface area contributed by atoms with Crippen molar-refractivity contribution in [2.75, 3.05) is 19.0 Å². The Kier molecular flexibility index (Phi) is 10.3. The summed E-state index contributed by atoms with van der Waals surface area (Å²) in [5, 5.41) is 7.47. The van der Waals surface area contributed by atoms with Crippen LogP contribution in [0.3, 0.4) is 0 Å². The summed E-state index contributed by atoms with van der Waals surface area (Å²) in [6, 6.07) is 34.4. The normalized spacial score (nSPS) is 11.3. The average molecular weight is 841 g/mol. The van der Waals surface area contributed by atoms with Gasteiger partial charge in [0.2, 0.25) is 0 Å². The summed E-state index contributed by atoms with van der Waals surface area (Å²) < 4.78 is 10.7. The van der Waals surface area contributed by atoms with Crippen LogP contribution in [0, 0.1) is 19.1 Å². The van der Waals surface area contributed by atoms with Crippen molar-refractivity contribution in [2.24, 2.45) is 0 Å². The third-order valence-electron chi connectivity index (χ3n) is 9.43. The monoisotopic (exact) mass is 840 g/mol. The summed E-state index contributed by atoms with van der Waals surface area (Å²) in [6.45, 7) is 11.0. The topological polar surface area (TPSA) is 48.1 Å². The number of hydrogen-bond donors (Lipinski definition) is 0. The van der Waals surface area contributed by atoms with Crippen LogP contribution in [0.1, 0.15) is 55.8 Å². The van der Waals surface area contributed by atoms with E-state index >= 15 is 0 Å². The maximum absolute atomic E-state index is 6.50. The summed E-state index contributed by atoms with van der Waals surface area (Å²) in [6.07, 6.45) is 5.44. The molecule has 0 radical (unpaired) electrons. The fourth-order valence-electron chi connectivity index (χ4n) is 7.00. The van der Waals surface area contributed by atoms with Crippen LogP contribution in [0.4, 0.5) is 5.69 Å². The van der Waals surface area contributed by atoms with Crippen molar-refractivity contribution in [1.29, 1.82) is 0 Å². The van der Waals surface area contributed by atoms with E-state index in [0.29, 0.717) is 11.5 Å². The third-order valence-corrected chi connectivity index (χ3v) is 9.43. The molecular formula is C43H43N5OPt. The van der Waals surface area contributed by atoms with Gasteiger partial charge in [-0.2, -0.15) is 17.2 Å². The van der Waals surface area contributed by atoms with Gasteiger partial charge in [-0.1, -0.05) is 51.4 Å². The molecule has 3 heterocycles. The first-order valence-electron chi connectivity index (χ1n) is 17.4. The van der Waals surface area contributed by atoms with Crippen LogP contribution in [0.5, 0.6) is 11.5 Å². The Bertz CT molecular complexity index is 2290. The molecular weight excluding hydrogens is 798 g/mol. The van der Waals surface area contributed by atoms with E-state index in [9.17, 15) is 0 Å². The predicted molar refractivity (Wildman–Crippen MR) is 202 cm³/mol.